The molecule has 2 rings (SSSR count). The summed E-state index contributed by atoms with van der Waals surface area (Å²) in [6.45, 7) is 10.9. The Hall–Kier alpha value is -0.606. The van der Waals surface area contributed by atoms with Crippen LogP contribution in [0.25, 0.3) is 0 Å². The Morgan fingerprint density at radius 3 is 1.74 bits per heavy atom. The molecule has 1 aromatic rings. The van der Waals surface area contributed by atoms with Crippen LogP contribution in [0.2, 0.25) is 0 Å². The van der Waals surface area contributed by atoms with Crippen molar-refractivity contribution in [2.24, 2.45) is 5.41 Å². The number of halogens is 3. The maximum Gasteiger partial charge on any atom is 0.335 e. The zero-order valence-electron chi connectivity index (χ0n) is 13.9. The Labute approximate surface area is 165 Å². The number of hydrogen-bond donors (Lipinski definition) is 1. The van der Waals surface area contributed by atoms with Crippen LogP contribution in [0, 0.1) is 17.3 Å². The van der Waals surface area contributed by atoms with Crippen molar-refractivity contribution >= 4 is 30.8 Å². The third-order valence-electron chi connectivity index (χ3n) is 3.65. The molecule has 1 N–H and O–H groups in total. The van der Waals surface area contributed by atoms with Gasteiger partial charge in [0, 0.05) is 21.7 Å². The number of carboxylic acid groups (broad SMARTS) is 1. The molecule has 23 heavy (non-hydrogen) atoms. The van der Waals surface area contributed by atoms with Gasteiger partial charge in [-0.25, -0.2) is 14.8 Å². The van der Waals surface area contributed by atoms with Crippen LogP contribution in [0.1, 0.15) is 45.0 Å². The molecule has 0 atom stereocenters. The van der Waals surface area contributed by atoms with E-state index in [1.54, 1.807) is 0 Å². The summed E-state index contributed by atoms with van der Waals surface area (Å²) in [5.74, 6) is -1.47. The van der Waals surface area contributed by atoms with E-state index in [2.05, 4.69) is 40.7 Å². The van der Waals surface area contributed by atoms with Crippen LogP contribution in [-0.4, -0.2) is 11.1 Å². The van der Waals surface area contributed by atoms with E-state index < -0.39 is 11.8 Å². The molecule has 0 amide bonds. The normalized spacial score (nSPS) is 14.3. The molecular formula is C17H22Cl2FO2Ti-. The first kappa shape index (κ1) is 27.3. The molecule has 0 bridgehead atoms. The minimum Gasteiger partial charge on any atom is -0.478 e. The number of rotatable bonds is 1. The van der Waals surface area contributed by atoms with Crippen molar-refractivity contribution in [3.8, 4) is 0 Å². The van der Waals surface area contributed by atoms with Crippen LogP contribution in [0.3, 0.4) is 0 Å². The van der Waals surface area contributed by atoms with Crippen molar-refractivity contribution in [2.45, 2.75) is 34.6 Å². The Balaban J connectivity index is -0.000000308. The van der Waals surface area contributed by atoms with Gasteiger partial charge >= 0.3 is 5.97 Å². The van der Waals surface area contributed by atoms with Gasteiger partial charge in [-0.3, -0.25) is 6.08 Å². The van der Waals surface area contributed by atoms with E-state index in [9.17, 15) is 9.18 Å². The van der Waals surface area contributed by atoms with Gasteiger partial charge in [-0.2, -0.15) is 11.1 Å². The molecule has 0 radical (unpaired) electrons. The van der Waals surface area contributed by atoms with Gasteiger partial charge in [-0.15, -0.1) is 31.7 Å². The second-order valence-electron chi connectivity index (χ2n) is 5.44. The Morgan fingerprint density at radius 2 is 1.52 bits per heavy atom. The van der Waals surface area contributed by atoms with Gasteiger partial charge in [0.25, 0.3) is 0 Å². The summed E-state index contributed by atoms with van der Waals surface area (Å²) in [6, 6.07) is 4.67. The topological polar surface area (TPSA) is 37.3 Å². The number of allylic oxidation sites excluding steroid dienone is 4. The minimum absolute atomic E-state index is 0. The monoisotopic (exact) mass is 395 g/mol. The van der Waals surface area contributed by atoms with Crippen molar-refractivity contribution in [1.82, 2.24) is 0 Å². The molecule has 0 saturated carbocycles. The number of benzene rings is 1. The zero-order valence-corrected chi connectivity index (χ0v) is 17.1. The second kappa shape index (κ2) is 11.0. The minimum atomic E-state index is -1.04. The molecule has 1 aliphatic rings. The average molecular weight is 396 g/mol. The molecule has 0 fully saturated rings. The van der Waals surface area contributed by atoms with Gasteiger partial charge in [0.15, 0.2) is 0 Å². The molecule has 1 aromatic carbocycles. The fourth-order valence-corrected chi connectivity index (χ4v) is 2.00. The average Bonchev–Trinajstić information content (AvgIpc) is 2.53. The van der Waals surface area contributed by atoms with Gasteiger partial charge in [0.1, 0.15) is 5.82 Å². The van der Waals surface area contributed by atoms with Gasteiger partial charge in [0.05, 0.1) is 5.56 Å². The van der Waals surface area contributed by atoms with Crippen molar-refractivity contribution < 1.29 is 36.0 Å². The molecule has 0 aromatic heterocycles. The summed E-state index contributed by atoms with van der Waals surface area (Å²) in [6.07, 6.45) is 3.44. The molecule has 128 valence electrons. The number of hydrogen-bond acceptors (Lipinski definition) is 1. The smallest absolute Gasteiger partial charge is 0.335 e. The standard InChI is InChI=1S/C10H15.C7H5FO2.2ClH.Ti/c1-7-6-10(4,5)9(3)8(7)2;8-6-3-1-5(2-4-6)7(9)10;;;/h1-5H3;1-4H,(H,9,10);2*1H;/q-1;;;;. The molecule has 6 heteroatoms. The van der Waals surface area contributed by atoms with Crippen LogP contribution in [0.4, 0.5) is 4.39 Å². The van der Waals surface area contributed by atoms with E-state index >= 15 is 0 Å². The third kappa shape index (κ3) is 7.67. The molecule has 0 saturated heterocycles. The molecule has 0 unspecified atom stereocenters. The predicted molar refractivity (Wildman–Crippen MR) is 92.4 cm³/mol. The molecular weight excluding hydrogens is 374 g/mol. The molecule has 2 nitrogen and oxygen atoms in total. The molecule has 0 heterocycles. The van der Waals surface area contributed by atoms with E-state index in [-0.39, 0.29) is 57.5 Å². The largest absolute Gasteiger partial charge is 0.478 e. The SMILES string of the molecule is CC1=[C-]C(C)(C)C(C)=C1C.Cl.Cl.O=C(O)c1ccc(F)cc1.[Ti]. The Kier molecular flexibility index (Phi) is 13.1. The fourth-order valence-electron chi connectivity index (χ4n) is 2.00. The van der Waals surface area contributed by atoms with Crippen LogP contribution in [-0.2, 0) is 21.7 Å². The van der Waals surface area contributed by atoms with E-state index in [4.69, 9.17) is 5.11 Å². The number of carboxylic acids is 1. The van der Waals surface area contributed by atoms with Crippen LogP contribution >= 0.6 is 24.8 Å². The maximum atomic E-state index is 12.2. The second-order valence-corrected chi connectivity index (χ2v) is 5.44. The van der Waals surface area contributed by atoms with Crippen LogP contribution in [0.15, 0.2) is 41.0 Å². The Bertz CT molecular complexity index is 579. The van der Waals surface area contributed by atoms with Gasteiger partial charge < -0.3 is 5.11 Å². The van der Waals surface area contributed by atoms with Crippen molar-refractivity contribution in [1.29, 1.82) is 0 Å². The summed E-state index contributed by atoms with van der Waals surface area (Å²) >= 11 is 0. The van der Waals surface area contributed by atoms with Crippen LogP contribution < -0.4 is 0 Å². The van der Waals surface area contributed by atoms with Crippen LogP contribution in [0.5, 0.6) is 0 Å². The number of aromatic carboxylic acids is 1. The maximum absolute atomic E-state index is 12.2. The van der Waals surface area contributed by atoms with Crippen molar-refractivity contribution in [3.05, 3.63) is 58.4 Å². The third-order valence-corrected chi connectivity index (χ3v) is 3.65. The van der Waals surface area contributed by atoms with Gasteiger partial charge in [-0.1, -0.05) is 33.1 Å². The molecule has 0 aliphatic heterocycles. The number of carbonyl (C=O) groups is 1. The van der Waals surface area contributed by atoms with E-state index in [0.717, 1.165) is 12.1 Å². The summed E-state index contributed by atoms with van der Waals surface area (Å²) in [4.78, 5) is 10.2. The van der Waals surface area contributed by atoms with E-state index in [1.807, 2.05) is 0 Å². The van der Waals surface area contributed by atoms with Gasteiger partial charge in [0.2, 0.25) is 0 Å². The summed E-state index contributed by atoms with van der Waals surface area (Å²) < 4.78 is 12.2. The molecule has 0 spiro atoms. The predicted octanol–water partition coefficient (Wildman–Crippen LogP) is 5.48. The van der Waals surface area contributed by atoms with Crippen molar-refractivity contribution in [2.75, 3.05) is 0 Å². The Morgan fingerprint density at radius 1 is 1.09 bits per heavy atom. The summed E-state index contributed by atoms with van der Waals surface area (Å²) in [5.41, 5.74) is 4.49. The zero-order chi connectivity index (χ0) is 15.5. The fraction of sp³-hybridized carbons (Fsp3) is 0.353. The molecule has 1 aliphatic carbocycles. The van der Waals surface area contributed by atoms with E-state index in [0.29, 0.717) is 0 Å². The summed E-state index contributed by atoms with van der Waals surface area (Å²) in [5, 5.41) is 8.35. The van der Waals surface area contributed by atoms with Crippen molar-refractivity contribution in [3.63, 3.8) is 0 Å². The van der Waals surface area contributed by atoms with E-state index in [1.165, 1.54) is 28.9 Å². The quantitative estimate of drug-likeness (QED) is 0.505. The van der Waals surface area contributed by atoms with Gasteiger partial charge in [-0.05, 0) is 24.3 Å². The summed E-state index contributed by atoms with van der Waals surface area (Å²) in [7, 11) is 0. The first-order valence-electron chi connectivity index (χ1n) is 6.44. The first-order valence-corrected chi connectivity index (χ1v) is 6.44. The first-order chi connectivity index (χ1) is 9.15.